The summed E-state index contributed by atoms with van der Waals surface area (Å²) in [4.78, 5) is 12.2. The SMILES string of the molecule is CC(C)n1cc(OC2CC(=O)C23CCCCCC3)cn1. The Balaban J connectivity index is 1.71. The highest BCUT2D eigenvalue weighted by Gasteiger charge is 2.55. The summed E-state index contributed by atoms with van der Waals surface area (Å²) < 4.78 is 7.99. The molecule has 0 amide bonds. The zero-order valence-electron chi connectivity index (χ0n) is 12.5. The van der Waals surface area contributed by atoms with E-state index < -0.39 is 0 Å². The van der Waals surface area contributed by atoms with Crippen LogP contribution in [0, 0.1) is 5.41 Å². The molecule has 3 rings (SSSR count). The summed E-state index contributed by atoms with van der Waals surface area (Å²) in [6.07, 6.45) is 11.2. The van der Waals surface area contributed by atoms with Gasteiger partial charge in [0.2, 0.25) is 0 Å². The van der Waals surface area contributed by atoms with E-state index in [1.165, 1.54) is 12.8 Å². The summed E-state index contributed by atoms with van der Waals surface area (Å²) in [6.45, 7) is 4.19. The van der Waals surface area contributed by atoms with Crippen LogP contribution in [0.1, 0.15) is 64.8 Å². The maximum atomic E-state index is 12.2. The smallest absolute Gasteiger partial charge is 0.157 e. The third-order valence-electron chi connectivity index (χ3n) is 4.92. The summed E-state index contributed by atoms with van der Waals surface area (Å²) in [5.74, 6) is 1.22. The maximum absolute atomic E-state index is 12.2. The first-order valence-corrected chi connectivity index (χ1v) is 7.86. The number of aromatic nitrogens is 2. The van der Waals surface area contributed by atoms with Crippen molar-refractivity contribution in [3.05, 3.63) is 12.4 Å². The Bertz CT molecular complexity index is 484. The van der Waals surface area contributed by atoms with Gasteiger partial charge in [0.15, 0.2) is 5.75 Å². The molecule has 2 aliphatic rings. The molecular weight excluding hydrogens is 252 g/mol. The number of ether oxygens (including phenoxy) is 1. The van der Waals surface area contributed by atoms with Gasteiger partial charge in [-0.05, 0) is 26.7 Å². The second-order valence-electron chi connectivity index (χ2n) is 6.55. The van der Waals surface area contributed by atoms with Crippen LogP contribution in [-0.2, 0) is 4.79 Å². The van der Waals surface area contributed by atoms with Crippen molar-refractivity contribution in [3.63, 3.8) is 0 Å². The van der Waals surface area contributed by atoms with Crippen LogP contribution in [0.15, 0.2) is 12.4 Å². The molecule has 1 heterocycles. The second kappa shape index (κ2) is 5.23. The molecule has 0 saturated heterocycles. The van der Waals surface area contributed by atoms with Crippen molar-refractivity contribution in [1.82, 2.24) is 9.78 Å². The number of hydrogen-bond acceptors (Lipinski definition) is 3. The van der Waals surface area contributed by atoms with Crippen LogP contribution >= 0.6 is 0 Å². The van der Waals surface area contributed by atoms with Crippen molar-refractivity contribution >= 4 is 5.78 Å². The van der Waals surface area contributed by atoms with E-state index in [4.69, 9.17) is 4.74 Å². The van der Waals surface area contributed by atoms with E-state index in [-0.39, 0.29) is 11.5 Å². The van der Waals surface area contributed by atoms with Gasteiger partial charge < -0.3 is 4.74 Å². The molecule has 0 aliphatic heterocycles. The molecule has 20 heavy (non-hydrogen) atoms. The van der Waals surface area contributed by atoms with Crippen molar-refractivity contribution in [2.75, 3.05) is 0 Å². The lowest BCUT2D eigenvalue weighted by Crippen LogP contribution is -2.56. The fourth-order valence-corrected chi connectivity index (χ4v) is 3.56. The van der Waals surface area contributed by atoms with Gasteiger partial charge in [-0.2, -0.15) is 5.10 Å². The monoisotopic (exact) mass is 276 g/mol. The van der Waals surface area contributed by atoms with Gasteiger partial charge in [-0.25, -0.2) is 0 Å². The highest BCUT2D eigenvalue weighted by molar-refractivity contribution is 5.92. The molecule has 2 saturated carbocycles. The molecule has 0 radical (unpaired) electrons. The number of carbonyl (C=O) groups excluding carboxylic acids is 1. The zero-order chi connectivity index (χ0) is 14.2. The van der Waals surface area contributed by atoms with Crippen LogP contribution in [0.2, 0.25) is 0 Å². The average Bonchev–Trinajstić information content (AvgIpc) is 2.73. The molecule has 1 aromatic heterocycles. The Morgan fingerprint density at radius 3 is 2.55 bits per heavy atom. The van der Waals surface area contributed by atoms with Gasteiger partial charge in [-0.3, -0.25) is 9.48 Å². The lowest BCUT2D eigenvalue weighted by atomic mass is 9.60. The van der Waals surface area contributed by atoms with E-state index in [1.807, 2.05) is 10.9 Å². The standard InChI is InChI=1S/C16H24N2O2/c1-12(2)18-11-13(10-17-18)20-15-9-14(19)16(15)7-5-3-4-6-8-16/h10-12,15H,3-9H2,1-2H3. The predicted molar refractivity (Wildman–Crippen MR) is 76.8 cm³/mol. The van der Waals surface area contributed by atoms with Crippen molar-refractivity contribution in [3.8, 4) is 5.75 Å². The lowest BCUT2D eigenvalue weighted by Gasteiger charge is -2.46. The molecule has 4 heteroatoms. The molecular formula is C16H24N2O2. The van der Waals surface area contributed by atoms with Crippen LogP contribution in [0.5, 0.6) is 5.75 Å². The number of Topliss-reactive ketones (excluding diaryl/α,β-unsaturated/α-hetero) is 1. The number of rotatable bonds is 3. The third-order valence-corrected chi connectivity index (χ3v) is 4.92. The Labute approximate surface area is 120 Å². The number of nitrogens with zero attached hydrogens (tertiary/aromatic N) is 2. The van der Waals surface area contributed by atoms with Gasteiger partial charge in [0, 0.05) is 12.5 Å². The molecule has 1 atom stereocenters. The van der Waals surface area contributed by atoms with Crippen molar-refractivity contribution in [2.45, 2.75) is 70.9 Å². The quantitative estimate of drug-likeness (QED) is 0.848. The summed E-state index contributed by atoms with van der Waals surface area (Å²) in [5, 5.41) is 4.30. The zero-order valence-corrected chi connectivity index (χ0v) is 12.5. The van der Waals surface area contributed by atoms with E-state index >= 15 is 0 Å². The topological polar surface area (TPSA) is 44.1 Å². The number of ketones is 1. The minimum atomic E-state index is -0.184. The summed E-state index contributed by atoms with van der Waals surface area (Å²) in [5.41, 5.74) is -0.184. The minimum Gasteiger partial charge on any atom is -0.486 e. The Hall–Kier alpha value is -1.32. The fraction of sp³-hybridized carbons (Fsp3) is 0.750. The molecule has 110 valence electrons. The Morgan fingerprint density at radius 2 is 2.00 bits per heavy atom. The van der Waals surface area contributed by atoms with Gasteiger partial charge in [-0.15, -0.1) is 0 Å². The highest BCUT2D eigenvalue weighted by atomic mass is 16.5. The van der Waals surface area contributed by atoms with Crippen molar-refractivity contribution in [2.24, 2.45) is 5.41 Å². The first-order chi connectivity index (χ1) is 9.62. The number of carbonyl (C=O) groups is 1. The lowest BCUT2D eigenvalue weighted by molar-refractivity contribution is -0.154. The summed E-state index contributed by atoms with van der Waals surface area (Å²) in [7, 11) is 0. The van der Waals surface area contributed by atoms with Crippen LogP contribution in [0.25, 0.3) is 0 Å². The molecule has 1 aromatic rings. The Morgan fingerprint density at radius 1 is 1.30 bits per heavy atom. The van der Waals surface area contributed by atoms with E-state index in [2.05, 4.69) is 18.9 Å². The van der Waals surface area contributed by atoms with Crippen LogP contribution in [0.4, 0.5) is 0 Å². The largest absolute Gasteiger partial charge is 0.486 e. The van der Waals surface area contributed by atoms with Gasteiger partial charge in [0.05, 0.1) is 17.8 Å². The number of hydrogen-bond donors (Lipinski definition) is 0. The van der Waals surface area contributed by atoms with Crippen LogP contribution < -0.4 is 4.74 Å². The van der Waals surface area contributed by atoms with E-state index in [0.29, 0.717) is 18.2 Å². The van der Waals surface area contributed by atoms with Crippen LogP contribution in [0.3, 0.4) is 0 Å². The van der Waals surface area contributed by atoms with Gasteiger partial charge in [0.1, 0.15) is 11.9 Å². The molecule has 4 nitrogen and oxygen atoms in total. The summed E-state index contributed by atoms with van der Waals surface area (Å²) >= 11 is 0. The van der Waals surface area contributed by atoms with Gasteiger partial charge >= 0.3 is 0 Å². The fourth-order valence-electron chi connectivity index (χ4n) is 3.56. The Kier molecular flexibility index (Phi) is 3.57. The van der Waals surface area contributed by atoms with E-state index in [0.717, 1.165) is 31.4 Å². The van der Waals surface area contributed by atoms with Gasteiger partial charge in [-0.1, -0.05) is 25.7 Å². The molecule has 1 unspecified atom stereocenters. The molecule has 0 N–H and O–H groups in total. The van der Waals surface area contributed by atoms with Crippen LogP contribution in [-0.4, -0.2) is 21.7 Å². The molecule has 0 aromatic carbocycles. The average molecular weight is 276 g/mol. The van der Waals surface area contributed by atoms with E-state index in [9.17, 15) is 4.79 Å². The first kappa shape index (κ1) is 13.7. The molecule has 0 bridgehead atoms. The van der Waals surface area contributed by atoms with Gasteiger partial charge in [0.25, 0.3) is 0 Å². The molecule has 1 spiro atoms. The first-order valence-electron chi connectivity index (χ1n) is 7.86. The van der Waals surface area contributed by atoms with E-state index in [1.54, 1.807) is 6.20 Å². The molecule has 2 fully saturated rings. The van der Waals surface area contributed by atoms with Crippen molar-refractivity contribution < 1.29 is 9.53 Å². The predicted octanol–water partition coefficient (Wildman–Crippen LogP) is 3.52. The second-order valence-corrected chi connectivity index (χ2v) is 6.55. The molecule has 2 aliphatic carbocycles. The highest BCUT2D eigenvalue weighted by Crippen LogP contribution is 2.49. The normalized spacial score (nSPS) is 25.6. The summed E-state index contributed by atoms with van der Waals surface area (Å²) in [6, 6.07) is 0.335. The third kappa shape index (κ3) is 2.25. The van der Waals surface area contributed by atoms with Crippen molar-refractivity contribution in [1.29, 1.82) is 0 Å². The minimum absolute atomic E-state index is 0.0675. The maximum Gasteiger partial charge on any atom is 0.157 e.